The number of carboxylic acid groups (broad SMARTS) is 1. The molecule has 20 heavy (non-hydrogen) atoms. The first kappa shape index (κ1) is 14.1. The molecule has 0 aliphatic heterocycles. The van der Waals surface area contributed by atoms with E-state index in [9.17, 15) is 18.0 Å². The summed E-state index contributed by atoms with van der Waals surface area (Å²) in [6.45, 7) is -0.251. The molecule has 0 unspecified atom stereocenters. The Morgan fingerprint density at radius 2 is 2.00 bits per heavy atom. The Morgan fingerprint density at radius 1 is 1.35 bits per heavy atom. The number of aromatic nitrogens is 1. The molecule has 2 rings (SSSR count). The molecular formula is C12H9F3N2O3. The van der Waals surface area contributed by atoms with Crippen LogP contribution in [0.4, 0.5) is 13.2 Å². The van der Waals surface area contributed by atoms with E-state index < -0.39 is 29.4 Å². The maximum absolute atomic E-state index is 12.9. The van der Waals surface area contributed by atoms with Gasteiger partial charge in [0.05, 0.1) is 5.56 Å². The number of alkyl halides is 3. The number of nitrogens with zero attached hydrogens (tertiary/aromatic N) is 1. The third kappa shape index (κ3) is 2.50. The second kappa shape index (κ2) is 4.97. The molecule has 106 valence electrons. The van der Waals surface area contributed by atoms with Crippen molar-refractivity contribution in [3.8, 4) is 11.5 Å². The zero-order chi connectivity index (χ0) is 14.9. The van der Waals surface area contributed by atoms with Crippen LogP contribution < -0.4 is 5.73 Å². The number of oxazole rings is 1. The quantitative estimate of drug-likeness (QED) is 0.904. The van der Waals surface area contributed by atoms with Gasteiger partial charge in [0, 0.05) is 12.1 Å². The van der Waals surface area contributed by atoms with Crippen molar-refractivity contribution in [1.82, 2.24) is 4.98 Å². The van der Waals surface area contributed by atoms with Gasteiger partial charge < -0.3 is 15.3 Å². The van der Waals surface area contributed by atoms with Crippen LogP contribution in [-0.2, 0) is 12.7 Å². The molecule has 0 aliphatic carbocycles. The fourth-order valence-electron chi connectivity index (χ4n) is 1.69. The normalized spacial score (nSPS) is 11.6. The van der Waals surface area contributed by atoms with E-state index >= 15 is 0 Å². The first-order valence-corrected chi connectivity index (χ1v) is 5.44. The number of rotatable bonds is 3. The smallest absolute Gasteiger partial charge is 0.417 e. The molecule has 0 fully saturated rings. The molecule has 1 aromatic heterocycles. The highest BCUT2D eigenvalue weighted by atomic mass is 19.4. The van der Waals surface area contributed by atoms with Crippen LogP contribution in [0.1, 0.15) is 21.8 Å². The second-order valence-electron chi connectivity index (χ2n) is 3.85. The molecule has 0 bridgehead atoms. The van der Waals surface area contributed by atoms with Crippen LogP contribution in [0.15, 0.2) is 28.7 Å². The van der Waals surface area contributed by atoms with E-state index in [0.29, 0.717) is 0 Å². The molecule has 1 aromatic carbocycles. The number of hydrogen-bond acceptors (Lipinski definition) is 4. The molecule has 3 N–H and O–H groups in total. The lowest BCUT2D eigenvalue weighted by Gasteiger charge is -2.09. The van der Waals surface area contributed by atoms with E-state index in [4.69, 9.17) is 15.3 Å². The zero-order valence-corrected chi connectivity index (χ0v) is 9.94. The van der Waals surface area contributed by atoms with E-state index in [0.717, 1.165) is 12.1 Å². The summed E-state index contributed by atoms with van der Waals surface area (Å²) in [4.78, 5) is 14.6. The first-order chi connectivity index (χ1) is 9.34. The van der Waals surface area contributed by atoms with Crippen molar-refractivity contribution in [1.29, 1.82) is 0 Å². The van der Waals surface area contributed by atoms with Gasteiger partial charge in [-0.3, -0.25) is 0 Å². The standard InChI is InChI=1S/C12H9F3N2O3/c13-12(14,15)7-4-2-1-3-6(7)10-17-8(5-16)9(20-10)11(18)19/h1-4H,5,16H2,(H,18,19). The van der Waals surface area contributed by atoms with E-state index in [1.807, 2.05) is 0 Å². The van der Waals surface area contributed by atoms with Gasteiger partial charge in [0.15, 0.2) is 0 Å². The number of aromatic carboxylic acids is 1. The molecule has 0 amide bonds. The third-order valence-corrected chi connectivity index (χ3v) is 2.55. The summed E-state index contributed by atoms with van der Waals surface area (Å²) >= 11 is 0. The largest absolute Gasteiger partial charge is 0.475 e. The predicted molar refractivity (Wildman–Crippen MR) is 61.8 cm³/mol. The van der Waals surface area contributed by atoms with Gasteiger partial charge in [-0.05, 0) is 12.1 Å². The second-order valence-corrected chi connectivity index (χ2v) is 3.85. The van der Waals surface area contributed by atoms with E-state index in [1.165, 1.54) is 12.1 Å². The van der Waals surface area contributed by atoms with Gasteiger partial charge >= 0.3 is 12.1 Å². The van der Waals surface area contributed by atoms with E-state index in [1.54, 1.807) is 0 Å². The molecule has 8 heteroatoms. The average Bonchev–Trinajstić information content (AvgIpc) is 2.82. The highest BCUT2D eigenvalue weighted by Gasteiger charge is 2.35. The molecule has 5 nitrogen and oxygen atoms in total. The summed E-state index contributed by atoms with van der Waals surface area (Å²) in [7, 11) is 0. The molecular weight excluding hydrogens is 277 g/mol. The number of benzene rings is 1. The highest BCUT2D eigenvalue weighted by molar-refractivity contribution is 5.86. The SMILES string of the molecule is NCc1nc(-c2ccccc2C(F)(F)F)oc1C(=O)O. The molecule has 0 saturated heterocycles. The monoisotopic (exact) mass is 286 g/mol. The van der Waals surface area contributed by atoms with Gasteiger partial charge in [-0.25, -0.2) is 9.78 Å². The van der Waals surface area contributed by atoms with Crippen LogP contribution >= 0.6 is 0 Å². The fourth-order valence-corrected chi connectivity index (χ4v) is 1.69. The summed E-state index contributed by atoms with van der Waals surface area (Å²) < 4.78 is 43.5. The van der Waals surface area contributed by atoms with Gasteiger partial charge in [0.1, 0.15) is 5.69 Å². The molecule has 0 aliphatic rings. The third-order valence-electron chi connectivity index (χ3n) is 2.55. The van der Waals surface area contributed by atoms with Crippen molar-refractivity contribution < 1.29 is 27.5 Å². The number of carbonyl (C=O) groups is 1. The maximum atomic E-state index is 12.9. The number of halogens is 3. The molecule has 1 heterocycles. The van der Waals surface area contributed by atoms with Crippen molar-refractivity contribution in [2.24, 2.45) is 5.73 Å². The molecule has 0 spiro atoms. The molecule has 0 radical (unpaired) electrons. The van der Waals surface area contributed by atoms with Crippen LogP contribution in [0.2, 0.25) is 0 Å². The van der Waals surface area contributed by atoms with E-state index in [2.05, 4.69) is 4.98 Å². The van der Waals surface area contributed by atoms with Crippen molar-refractivity contribution in [3.63, 3.8) is 0 Å². The summed E-state index contributed by atoms with van der Waals surface area (Å²) in [6.07, 6.45) is -4.60. The van der Waals surface area contributed by atoms with Gasteiger partial charge in [0.2, 0.25) is 11.7 Å². The van der Waals surface area contributed by atoms with Crippen LogP contribution in [0.25, 0.3) is 11.5 Å². The Kier molecular flexibility index (Phi) is 3.49. The average molecular weight is 286 g/mol. The maximum Gasteiger partial charge on any atom is 0.417 e. The van der Waals surface area contributed by atoms with Crippen LogP contribution in [0, 0.1) is 0 Å². The highest BCUT2D eigenvalue weighted by Crippen LogP contribution is 2.37. The summed E-state index contributed by atoms with van der Waals surface area (Å²) in [5.74, 6) is -2.41. The van der Waals surface area contributed by atoms with Crippen molar-refractivity contribution in [2.75, 3.05) is 0 Å². The Morgan fingerprint density at radius 3 is 2.50 bits per heavy atom. The summed E-state index contributed by atoms with van der Waals surface area (Å²) in [6, 6.07) is 4.61. The first-order valence-electron chi connectivity index (χ1n) is 5.44. The van der Waals surface area contributed by atoms with Crippen molar-refractivity contribution >= 4 is 5.97 Å². The van der Waals surface area contributed by atoms with E-state index in [-0.39, 0.29) is 17.8 Å². The summed E-state index contributed by atoms with van der Waals surface area (Å²) in [5, 5.41) is 8.87. The van der Waals surface area contributed by atoms with Crippen LogP contribution in [0.3, 0.4) is 0 Å². The molecule has 0 atom stereocenters. The topological polar surface area (TPSA) is 89.4 Å². The van der Waals surface area contributed by atoms with Crippen molar-refractivity contribution in [2.45, 2.75) is 12.7 Å². The van der Waals surface area contributed by atoms with Crippen LogP contribution in [-0.4, -0.2) is 16.1 Å². The Bertz CT molecular complexity index is 650. The Labute approximate surface area is 110 Å². The zero-order valence-electron chi connectivity index (χ0n) is 9.94. The number of hydrogen-bond donors (Lipinski definition) is 2. The molecule has 0 saturated carbocycles. The van der Waals surface area contributed by atoms with Crippen molar-refractivity contribution in [3.05, 3.63) is 41.3 Å². The van der Waals surface area contributed by atoms with Gasteiger partial charge in [-0.2, -0.15) is 13.2 Å². The predicted octanol–water partition coefficient (Wildman–Crippen LogP) is 2.52. The lowest BCUT2D eigenvalue weighted by atomic mass is 10.1. The van der Waals surface area contributed by atoms with Crippen LogP contribution in [0.5, 0.6) is 0 Å². The lowest BCUT2D eigenvalue weighted by molar-refractivity contribution is -0.137. The van der Waals surface area contributed by atoms with Gasteiger partial charge in [-0.15, -0.1) is 0 Å². The number of nitrogens with two attached hydrogens (primary N) is 1. The molecule has 2 aromatic rings. The fraction of sp³-hybridized carbons (Fsp3) is 0.167. The van der Waals surface area contributed by atoms with Gasteiger partial charge in [-0.1, -0.05) is 12.1 Å². The summed E-state index contributed by atoms with van der Waals surface area (Å²) in [5.41, 5.74) is 3.90. The number of carboxylic acids is 1. The lowest BCUT2D eigenvalue weighted by Crippen LogP contribution is -2.07. The minimum absolute atomic E-state index is 0.107. The Balaban J connectivity index is 2.61. The minimum Gasteiger partial charge on any atom is -0.475 e. The Hall–Kier alpha value is -2.35. The van der Waals surface area contributed by atoms with Gasteiger partial charge in [0.25, 0.3) is 0 Å². The minimum atomic E-state index is -4.60.